The number of hydrogen-bond donors (Lipinski definition) is 2. The summed E-state index contributed by atoms with van der Waals surface area (Å²) in [7, 11) is -2.87. The zero-order chi connectivity index (χ0) is 3.58. The van der Waals surface area contributed by atoms with Gasteiger partial charge in [0.15, 0.2) is 0 Å². The van der Waals surface area contributed by atoms with E-state index in [2.05, 4.69) is 0 Å². The first-order valence-electron chi connectivity index (χ1n) is 0.583. The molecular weight excluding hydrogens is 125 g/mol. The van der Waals surface area contributed by atoms with Crippen LogP contribution in [0.15, 0.2) is 0 Å². The van der Waals surface area contributed by atoms with Gasteiger partial charge >= 0.3 is 8.25 Å². The Kier molecular flexibility index (Phi) is 26.4. The first kappa shape index (κ1) is 15.7. The fourth-order valence-electron chi connectivity index (χ4n) is 0. The summed E-state index contributed by atoms with van der Waals surface area (Å²) in [6, 6.07) is 0. The van der Waals surface area contributed by atoms with Crippen molar-refractivity contribution in [3.8, 4) is 0 Å². The van der Waals surface area contributed by atoms with Crippen LogP contribution in [0.25, 0.3) is 0 Å². The third kappa shape index (κ3) is 37.2. The smallest absolute Gasteiger partial charge is 0.134 e. The van der Waals surface area contributed by atoms with E-state index in [4.69, 9.17) is 14.4 Å². The van der Waals surface area contributed by atoms with Crippen LogP contribution >= 0.6 is 8.25 Å². The van der Waals surface area contributed by atoms with Gasteiger partial charge in [-0.2, -0.15) is 0 Å². The Hall–Kier alpha value is 2.02. The normalized spacial score (nSPS) is 4.33. The third-order valence-corrected chi connectivity index (χ3v) is 0. The van der Waals surface area contributed by atoms with Gasteiger partial charge in [0.1, 0.15) is 0 Å². The molecule has 0 aromatic heterocycles. The van der Waals surface area contributed by atoms with Crippen LogP contribution in [0.2, 0.25) is 0 Å². The van der Waals surface area contributed by atoms with E-state index in [1.807, 2.05) is 0 Å². The van der Waals surface area contributed by atoms with E-state index in [1.54, 1.807) is 0 Å². The zero-order valence-electron chi connectivity index (χ0n) is 3.75. The first-order chi connectivity index (χ1) is 1.73. The fraction of sp³-hybridized carbons (Fsp3) is 0. The second-order valence-corrected chi connectivity index (χ2v) is 0.758. The molecular formula is H2Na2O3P+. The van der Waals surface area contributed by atoms with Crippen molar-refractivity contribution in [2.24, 2.45) is 0 Å². The molecule has 0 rings (SSSR count). The quantitative estimate of drug-likeness (QED) is 0.319. The van der Waals surface area contributed by atoms with Crippen LogP contribution in [0.4, 0.5) is 0 Å². The molecule has 0 fully saturated rings. The molecule has 0 aromatic rings. The molecule has 0 heterocycles. The Balaban J connectivity index is -0.0000000450. The average Bonchev–Trinajstić information content (AvgIpc) is 0.811. The summed E-state index contributed by atoms with van der Waals surface area (Å²) >= 11 is 0. The largest absolute Gasteiger partial charge is 0.692 e. The predicted molar refractivity (Wildman–Crippen MR) is 23.6 cm³/mol. The van der Waals surface area contributed by atoms with Crippen molar-refractivity contribution in [2.75, 3.05) is 0 Å². The summed E-state index contributed by atoms with van der Waals surface area (Å²) in [4.78, 5) is 14.2. The van der Waals surface area contributed by atoms with E-state index in [0.717, 1.165) is 0 Å². The van der Waals surface area contributed by atoms with E-state index < -0.39 is 8.25 Å². The Bertz CT molecular complexity index is 31.8. The molecule has 0 aliphatic carbocycles. The maximum absolute atomic E-state index is 8.70. The van der Waals surface area contributed by atoms with Crippen LogP contribution < -0.4 is 0 Å². The summed E-state index contributed by atoms with van der Waals surface area (Å²) in [5, 5.41) is 0. The Morgan fingerprint density at radius 1 is 1.17 bits per heavy atom. The molecule has 6 heteroatoms. The number of rotatable bonds is 0. The van der Waals surface area contributed by atoms with Gasteiger partial charge in [0.25, 0.3) is 0 Å². The Morgan fingerprint density at radius 2 is 1.17 bits per heavy atom. The molecule has 2 radical (unpaired) electrons. The molecule has 0 amide bonds. The van der Waals surface area contributed by atoms with Gasteiger partial charge in [0.2, 0.25) is 0 Å². The van der Waals surface area contributed by atoms with Crippen LogP contribution in [0.5, 0.6) is 0 Å². The minimum absolute atomic E-state index is 0. The van der Waals surface area contributed by atoms with Gasteiger partial charge in [0, 0.05) is 63.7 Å². The van der Waals surface area contributed by atoms with Gasteiger partial charge in [-0.1, -0.05) is 0 Å². The average molecular weight is 127 g/mol. The molecule has 0 saturated heterocycles. The van der Waals surface area contributed by atoms with Crippen molar-refractivity contribution in [3.05, 3.63) is 0 Å². The molecule has 0 unspecified atom stereocenters. The molecule has 0 aromatic carbocycles. The van der Waals surface area contributed by atoms with E-state index in [-0.39, 0.29) is 59.1 Å². The van der Waals surface area contributed by atoms with E-state index >= 15 is 0 Å². The zero-order valence-corrected chi connectivity index (χ0v) is 8.64. The van der Waals surface area contributed by atoms with Gasteiger partial charge in [-0.15, -0.1) is 9.79 Å². The number of hydrogen-bond acceptors (Lipinski definition) is 1. The van der Waals surface area contributed by atoms with Gasteiger partial charge in [-0.05, 0) is 0 Å². The van der Waals surface area contributed by atoms with Crippen molar-refractivity contribution in [3.63, 3.8) is 0 Å². The summed E-state index contributed by atoms with van der Waals surface area (Å²) in [5.74, 6) is 0. The molecule has 2 N–H and O–H groups in total. The fourth-order valence-corrected chi connectivity index (χ4v) is 0. The second kappa shape index (κ2) is 10.1. The van der Waals surface area contributed by atoms with Crippen LogP contribution in [-0.2, 0) is 4.57 Å². The van der Waals surface area contributed by atoms with Crippen molar-refractivity contribution in [1.29, 1.82) is 0 Å². The van der Waals surface area contributed by atoms with Crippen LogP contribution in [0.3, 0.4) is 0 Å². The third-order valence-electron chi connectivity index (χ3n) is 0. The Labute approximate surface area is 80.7 Å². The van der Waals surface area contributed by atoms with Crippen LogP contribution in [0, 0.1) is 0 Å². The van der Waals surface area contributed by atoms with Gasteiger partial charge in [-0.3, -0.25) is 0 Å². The topological polar surface area (TPSA) is 57.5 Å². The monoisotopic (exact) mass is 127 g/mol. The molecule has 0 aliphatic rings. The van der Waals surface area contributed by atoms with Crippen molar-refractivity contribution in [2.45, 2.75) is 0 Å². The molecule has 0 aliphatic heterocycles. The molecule has 0 atom stereocenters. The van der Waals surface area contributed by atoms with E-state index in [0.29, 0.717) is 0 Å². The second-order valence-electron chi connectivity index (χ2n) is 0.253. The van der Waals surface area contributed by atoms with Gasteiger partial charge < -0.3 is 0 Å². The van der Waals surface area contributed by atoms with Crippen LogP contribution in [-0.4, -0.2) is 68.9 Å². The molecule has 26 valence electrons. The maximum atomic E-state index is 8.70. The minimum Gasteiger partial charge on any atom is -0.134 e. The van der Waals surface area contributed by atoms with Gasteiger partial charge in [0.05, 0.1) is 0 Å². The van der Waals surface area contributed by atoms with E-state index in [1.165, 1.54) is 0 Å². The van der Waals surface area contributed by atoms with Crippen LogP contribution in [0.1, 0.15) is 0 Å². The molecule has 0 saturated carbocycles. The molecule has 3 nitrogen and oxygen atoms in total. The first-order valence-corrected chi connectivity index (χ1v) is 1.75. The molecule has 0 spiro atoms. The summed E-state index contributed by atoms with van der Waals surface area (Å²) in [6.45, 7) is 0. The van der Waals surface area contributed by atoms with Crippen molar-refractivity contribution < 1.29 is 14.4 Å². The summed E-state index contributed by atoms with van der Waals surface area (Å²) in [6.07, 6.45) is 0. The molecule has 6 heavy (non-hydrogen) atoms. The Morgan fingerprint density at radius 3 is 1.17 bits per heavy atom. The maximum Gasteiger partial charge on any atom is 0.692 e. The standard InChI is InChI=1S/2Na.HO3P/c;;1-4(2)3/h;;(H-,1,2,3)/p+1. The summed E-state index contributed by atoms with van der Waals surface area (Å²) < 4.78 is 8.70. The van der Waals surface area contributed by atoms with E-state index in [9.17, 15) is 0 Å². The van der Waals surface area contributed by atoms with Crippen molar-refractivity contribution >= 4 is 67.4 Å². The minimum atomic E-state index is -2.87. The van der Waals surface area contributed by atoms with Crippen molar-refractivity contribution in [1.82, 2.24) is 0 Å². The SMILES string of the molecule is O=[P+](O)O.[Na].[Na]. The summed E-state index contributed by atoms with van der Waals surface area (Å²) in [5.41, 5.74) is 0. The van der Waals surface area contributed by atoms with Gasteiger partial charge in [-0.25, -0.2) is 0 Å². The molecule has 0 bridgehead atoms. The predicted octanol–water partition coefficient (Wildman–Crippen LogP) is -1.13.